The van der Waals surface area contributed by atoms with Gasteiger partial charge in [0.1, 0.15) is 0 Å². The maximum Gasteiger partial charge on any atom is 0.194 e. The number of benzene rings is 10. The van der Waals surface area contributed by atoms with Gasteiger partial charge in [-0.25, -0.2) is 0 Å². The molecule has 0 radical (unpaired) electrons. The molecule has 4 heteroatoms. The van der Waals surface area contributed by atoms with Crippen LogP contribution in [-0.4, -0.2) is 21.5 Å². The van der Waals surface area contributed by atoms with Crippen molar-refractivity contribution in [2.24, 2.45) is 0 Å². The van der Waals surface area contributed by atoms with E-state index in [0.29, 0.717) is 33.6 Å². The summed E-state index contributed by atoms with van der Waals surface area (Å²) in [5.41, 5.74) is 12.6. The van der Waals surface area contributed by atoms with Crippen LogP contribution >= 0.6 is 0 Å². The summed E-state index contributed by atoms with van der Waals surface area (Å²) in [4.78, 5) is 39.0. The standard InChI is InChI=1S/C60H40N2O2/c1-37-19-23-39(24-20-37)41-27-31-53(47-15-7-3-11-43(41)47)59(63)55-33-29-51(45-13-5-9-17-49(45)55)57-35-62-58(36-61-57)52-30-34-56(50-18-10-6-14-46(50)52)60(64)54-32-28-42(40-25-21-38(2)22-26-40)44-12-4-8-16-48(44)54/h3-36H,1-2H3. The van der Waals surface area contributed by atoms with Gasteiger partial charge in [-0.3, -0.25) is 19.6 Å². The highest BCUT2D eigenvalue weighted by Gasteiger charge is 2.21. The highest BCUT2D eigenvalue weighted by molar-refractivity contribution is 6.25. The molecule has 302 valence electrons. The van der Waals surface area contributed by atoms with Crippen molar-refractivity contribution < 1.29 is 9.59 Å². The molecular formula is C60H40N2O2. The molecule has 4 nitrogen and oxygen atoms in total. The zero-order chi connectivity index (χ0) is 43.3. The number of nitrogens with zero attached hydrogens (tertiary/aromatic N) is 2. The number of carbonyl (C=O) groups excluding carboxylic acids is 2. The number of hydrogen-bond acceptors (Lipinski definition) is 4. The molecule has 0 aliphatic carbocycles. The van der Waals surface area contributed by atoms with E-state index in [1.807, 2.05) is 121 Å². The summed E-state index contributed by atoms with van der Waals surface area (Å²) in [6, 6.07) is 65.2. The van der Waals surface area contributed by atoms with Crippen molar-refractivity contribution in [3.63, 3.8) is 0 Å². The van der Waals surface area contributed by atoms with Crippen LogP contribution in [0, 0.1) is 13.8 Å². The molecule has 0 amide bonds. The van der Waals surface area contributed by atoms with Crippen LogP contribution in [0.25, 0.3) is 87.9 Å². The number of ketones is 2. The second kappa shape index (κ2) is 15.8. The fourth-order valence-corrected chi connectivity index (χ4v) is 9.30. The second-order valence-corrected chi connectivity index (χ2v) is 16.5. The first kappa shape index (κ1) is 38.6. The summed E-state index contributed by atoms with van der Waals surface area (Å²) < 4.78 is 0. The highest BCUT2D eigenvalue weighted by Crippen LogP contribution is 2.38. The predicted octanol–water partition coefficient (Wildman–Crippen LogP) is 14.8. The lowest BCUT2D eigenvalue weighted by Crippen LogP contribution is -2.05. The quantitative estimate of drug-likeness (QED) is 0.143. The van der Waals surface area contributed by atoms with Crippen molar-refractivity contribution in [1.29, 1.82) is 0 Å². The van der Waals surface area contributed by atoms with Crippen molar-refractivity contribution >= 4 is 54.7 Å². The number of hydrogen-bond donors (Lipinski definition) is 0. The Morgan fingerprint density at radius 1 is 0.297 bits per heavy atom. The van der Waals surface area contributed by atoms with Crippen molar-refractivity contribution in [3.05, 3.63) is 240 Å². The van der Waals surface area contributed by atoms with Gasteiger partial charge in [0.25, 0.3) is 0 Å². The smallest absolute Gasteiger partial charge is 0.194 e. The minimum absolute atomic E-state index is 0.0305. The van der Waals surface area contributed by atoms with E-state index in [-0.39, 0.29) is 11.6 Å². The SMILES string of the molecule is Cc1ccc(-c2ccc(C(=O)c3ccc(-c4cnc(-c5ccc(C(=O)c6ccc(-c7ccc(C)cc7)c7ccccc67)c6ccccc56)cn4)c4ccccc34)c3ccccc23)cc1. The average Bonchev–Trinajstić information content (AvgIpc) is 3.35. The summed E-state index contributed by atoms with van der Waals surface area (Å²) in [6.45, 7) is 4.17. The van der Waals surface area contributed by atoms with Gasteiger partial charge in [0.05, 0.1) is 23.8 Å². The maximum absolute atomic E-state index is 14.6. The van der Waals surface area contributed by atoms with Crippen LogP contribution in [0.2, 0.25) is 0 Å². The zero-order valence-corrected chi connectivity index (χ0v) is 35.3. The summed E-state index contributed by atoms with van der Waals surface area (Å²) in [7, 11) is 0. The molecule has 11 aromatic rings. The van der Waals surface area contributed by atoms with Crippen LogP contribution in [0.4, 0.5) is 0 Å². The Balaban J connectivity index is 0.927. The monoisotopic (exact) mass is 820 g/mol. The molecule has 1 aromatic heterocycles. The zero-order valence-electron chi connectivity index (χ0n) is 35.3. The van der Waals surface area contributed by atoms with Crippen LogP contribution in [-0.2, 0) is 0 Å². The van der Waals surface area contributed by atoms with Crippen molar-refractivity contribution in [1.82, 2.24) is 9.97 Å². The number of aryl methyl sites for hydroxylation is 2. The molecule has 0 N–H and O–H groups in total. The molecule has 0 bridgehead atoms. The van der Waals surface area contributed by atoms with Gasteiger partial charge in [0.2, 0.25) is 0 Å². The molecule has 64 heavy (non-hydrogen) atoms. The van der Waals surface area contributed by atoms with Crippen LogP contribution in [0.5, 0.6) is 0 Å². The second-order valence-electron chi connectivity index (χ2n) is 16.5. The Morgan fingerprint density at radius 2 is 0.562 bits per heavy atom. The predicted molar refractivity (Wildman–Crippen MR) is 263 cm³/mol. The number of carbonyl (C=O) groups is 2. The first-order valence-corrected chi connectivity index (χ1v) is 21.5. The number of aromatic nitrogens is 2. The van der Waals surface area contributed by atoms with E-state index in [0.717, 1.165) is 76.5 Å². The summed E-state index contributed by atoms with van der Waals surface area (Å²) in [6.07, 6.45) is 3.59. The molecule has 11 rings (SSSR count). The van der Waals surface area contributed by atoms with Gasteiger partial charge >= 0.3 is 0 Å². The topological polar surface area (TPSA) is 59.9 Å². The molecular weight excluding hydrogens is 781 g/mol. The Bertz CT molecular complexity index is 3400. The molecule has 0 spiro atoms. The molecule has 0 aliphatic rings. The van der Waals surface area contributed by atoms with Gasteiger partial charge in [-0.05, 0) is 103 Å². The van der Waals surface area contributed by atoms with Crippen LogP contribution in [0.1, 0.15) is 43.0 Å². The first-order valence-electron chi connectivity index (χ1n) is 21.5. The molecule has 0 fully saturated rings. The van der Waals surface area contributed by atoms with Crippen LogP contribution < -0.4 is 0 Å². The minimum Gasteiger partial charge on any atom is -0.289 e. The summed E-state index contributed by atoms with van der Waals surface area (Å²) in [5, 5.41) is 7.47. The summed E-state index contributed by atoms with van der Waals surface area (Å²) in [5.74, 6) is -0.0609. The molecule has 10 aromatic carbocycles. The van der Waals surface area contributed by atoms with E-state index in [1.165, 1.54) is 11.1 Å². The van der Waals surface area contributed by atoms with Gasteiger partial charge < -0.3 is 0 Å². The Kier molecular flexibility index (Phi) is 9.55. The fraction of sp³-hybridized carbons (Fsp3) is 0.0333. The number of rotatable bonds is 8. The molecule has 0 atom stereocenters. The number of fused-ring (bicyclic) bond motifs is 4. The average molecular weight is 821 g/mol. The highest BCUT2D eigenvalue weighted by atomic mass is 16.1. The molecule has 0 saturated heterocycles. The van der Waals surface area contributed by atoms with Gasteiger partial charge in [0, 0.05) is 33.4 Å². The third-order valence-electron chi connectivity index (χ3n) is 12.6. The lowest BCUT2D eigenvalue weighted by atomic mass is 9.89. The van der Waals surface area contributed by atoms with E-state index in [1.54, 1.807) is 12.4 Å². The third kappa shape index (κ3) is 6.64. The van der Waals surface area contributed by atoms with Gasteiger partial charge in [-0.1, -0.05) is 181 Å². The molecule has 1 heterocycles. The fourth-order valence-electron chi connectivity index (χ4n) is 9.30. The normalized spacial score (nSPS) is 11.4. The van der Waals surface area contributed by atoms with Gasteiger partial charge in [0.15, 0.2) is 11.6 Å². The first-order chi connectivity index (χ1) is 31.4. The van der Waals surface area contributed by atoms with Crippen LogP contribution in [0.3, 0.4) is 0 Å². The molecule has 0 aliphatic heterocycles. The Morgan fingerprint density at radius 3 is 0.859 bits per heavy atom. The van der Waals surface area contributed by atoms with E-state index >= 15 is 0 Å². The Labute approximate surface area is 371 Å². The van der Waals surface area contributed by atoms with Gasteiger partial charge in [-0.15, -0.1) is 0 Å². The van der Waals surface area contributed by atoms with E-state index < -0.39 is 0 Å². The Hall–Kier alpha value is -8.34. The van der Waals surface area contributed by atoms with Gasteiger partial charge in [-0.2, -0.15) is 0 Å². The van der Waals surface area contributed by atoms with Crippen molar-refractivity contribution in [3.8, 4) is 44.8 Å². The van der Waals surface area contributed by atoms with E-state index in [9.17, 15) is 9.59 Å². The molecule has 0 saturated carbocycles. The maximum atomic E-state index is 14.6. The van der Waals surface area contributed by atoms with Crippen molar-refractivity contribution in [2.45, 2.75) is 13.8 Å². The summed E-state index contributed by atoms with van der Waals surface area (Å²) >= 11 is 0. The minimum atomic E-state index is -0.0305. The van der Waals surface area contributed by atoms with Crippen LogP contribution in [0.15, 0.2) is 207 Å². The van der Waals surface area contributed by atoms with E-state index in [2.05, 4.69) is 86.6 Å². The largest absolute Gasteiger partial charge is 0.289 e. The molecule has 0 unspecified atom stereocenters. The third-order valence-corrected chi connectivity index (χ3v) is 12.6. The van der Waals surface area contributed by atoms with E-state index in [4.69, 9.17) is 9.97 Å². The van der Waals surface area contributed by atoms with Crippen molar-refractivity contribution in [2.75, 3.05) is 0 Å². The lowest BCUT2D eigenvalue weighted by molar-refractivity contribution is 0.103. The lowest BCUT2D eigenvalue weighted by Gasteiger charge is -2.15.